The summed E-state index contributed by atoms with van der Waals surface area (Å²) < 4.78 is 34.4. The van der Waals surface area contributed by atoms with Crippen LogP contribution < -0.4 is 18.8 Å². The molecule has 2 aromatic carbocycles. The third kappa shape index (κ3) is 3.28. The van der Waals surface area contributed by atoms with Gasteiger partial charge in [-0.15, -0.1) is 0 Å². The maximum Gasteiger partial charge on any atom is 0.264 e. The molecule has 0 atom stereocenters. The van der Waals surface area contributed by atoms with Crippen LogP contribution in [0.15, 0.2) is 41.3 Å². The van der Waals surface area contributed by atoms with E-state index in [4.69, 9.17) is 4.74 Å². The minimum Gasteiger partial charge on any atom is -0.490 e. The number of nitrogens with zero attached hydrogens (tertiary/aromatic N) is 4. The van der Waals surface area contributed by atoms with E-state index >= 15 is 0 Å². The van der Waals surface area contributed by atoms with E-state index in [2.05, 4.69) is 33.9 Å². The molecule has 0 radical (unpaired) electrons. The smallest absolute Gasteiger partial charge is 0.264 e. The van der Waals surface area contributed by atoms with E-state index in [1.165, 1.54) is 0 Å². The molecule has 3 heterocycles. The molecule has 3 aliphatic heterocycles. The van der Waals surface area contributed by atoms with Crippen molar-refractivity contribution in [2.75, 3.05) is 74.1 Å². The summed E-state index contributed by atoms with van der Waals surface area (Å²) in [7, 11) is 0.474. The lowest BCUT2D eigenvalue weighted by Crippen LogP contribution is -2.44. The van der Waals surface area contributed by atoms with Gasteiger partial charge < -0.3 is 19.4 Å². The van der Waals surface area contributed by atoms with Gasteiger partial charge in [0.05, 0.1) is 22.8 Å². The summed E-state index contributed by atoms with van der Waals surface area (Å²) in [5, 5.41) is 0. The van der Waals surface area contributed by atoms with Crippen molar-refractivity contribution in [1.29, 1.82) is 0 Å². The van der Waals surface area contributed by atoms with Crippen LogP contribution in [0.4, 0.5) is 17.1 Å². The molecule has 7 nitrogen and oxygen atoms in total. The summed E-state index contributed by atoms with van der Waals surface area (Å²) in [6.45, 7) is 5.78. The first-order valence-electron chi connectivity index (χ1n) is 10.5. The summed E-state index contributed by atoms with van der Waals surface area (Å²) >= 11 is 0. The number of benzene rings is 2. The van der Waals surface area contributed by atoms with Gasteiger partial charge in [-0.3, -0.25) is 4.31 Å². The fourth-order valence-electron chi connectivity index (χ4n) is 4.48. The van der Waals surface area contributed by atoms with Crippen LogP contribution in [0, 0.1) is 0 Å². The average Bonchev–Trinajstić information content (AvgIpc) is 3.18. The van der Waals surface area contributed by atoms with Crippen molar-refractivity contribution in [2.45, 2.75) is 11.3 Å². The molecule has 1 fully saturated rings. The van der Waals surface area contributed by atoms with Gasteiger partial charge in [0.25, 0.3) is 10.0 Å². The number of ether oxygens (including phenoxy) is 1. The average molecular weight is 429 g/mol. The second-order valence-electron chi connectivity index (χ2n) is 8.33. The summed E-state index contributed by atoms with van der Waals surface area (Å²) in [5.74, 6) is 0.635. The van der Waals surface area contributed by atoms with Gasteiger partial charge >= 0.3 is 0 Å². The fraction of sp³-hybridized carbons (Fsp3) is 0.455. The van der Waals surface area contributed by atoms with Crippen molar-refractivity contribution < 1.29 is 13.2 Å². The molecule has 5 rings (SSSR count). The maximum absolute atomic E-state index is 13.5. The highest BCUT2D eigenvalue weighted by molar-refractivity contribution is 7.92. The van der Waals surface area contributed by atoms with Crippen molar-refractivity contribution in [2.24, 2.45) is 0 Å². The standard InChI is InChI=1S/C22H28N4O3S/c1-23-9-11-25(12-10-23)18-4-3-17-7-8-26(21(17)15-18)30(27,28)19-5-6-20-22(16-19)29-14-13-24(20)2/h3-6,15-16H,7-14H2,1-2H3. The number of anilines is 3. The van der Waals surface area contributed by atoms with Crippen molar-refractivity contribution >= 4 is 27.1 Å². The van der Waals surface area contributed by atoms with E-state index in [0.29, 0.717) is 18.9 Å². The normalized spacial score (nSPS) is 19.5. The van der Waals surface area contributed by atoms with Crippen molar-refractivity contribution in [3.63, 3.8) is 0 Å². The lowest BCUT2D eigenvalue weighted by molar-refractivity contribution is 0.310. The van der Waals surface area contributed by atoms with E-state index in [1.807, 2.05) is 19.2 Å². The topological polar surface area (TPSA) is 56.3 Å². The first kappa shape index (κ1) is 19.5. The van der Waals surface area contributed by atoms with Crippen LogP contribution in [0.1, 0.15) is 5.56 Å². The predicted octanol–water partition coefficient (Wildman–Crippen LogP) is 2.02. The van der Waals surface area contributed by atoms with Crippen LogP contribution in [0.25, 0.3) is 0 Å². The Kier molecular flexibility index (Phi) is 4.78. The van der Waals surface area contributed by atoms with Gasteiger partial charge in [0, 0.05) is 51.5 Å². The van der Waals surface area contributed by atoms with E-state index in [0.717, 1.165) is 61.8 Å². The van der Waals surface area contributed by atoms with E-state index in [-0.39, 0.29) is 4.90 Å². The third-order valence-electron chi connectivity index (χ3n) is 6.41. The number of likely N-dealkylation sites (N-methyl/N-ethyl adjacent to an activating group) is 2. The molecule has 0 spiro atoms. The molecule has 1 saturated heterocycles. The second-order valence-corrected chi connectivity index (χ2v) is 10.2. The number of sulfonamides is 1. The molecule has 160 valence electrons. The zero-order chi connectivity index (χ0) is 20.9. The van der Waals surface area contributed by atoms with E-state index in [9.17, 15) is 8.42 Å². The van der Waals surface area contributed by atoms with Gasteiger partial charge in [-0.25, -0.2) is 8.42 Å². The first-order chi connectivity index (χ1) is 14.4. The lowest BCUT2D eigenvalue weighted by Gasteiger charge is -2.34. The minimum absolute atomic E-state index is 0.286. The van der Waals surface area contributed by atoms with E-state index < -0.39 is 10.0 Å². The summed E-state index contributed by atoms with van der Waals surface area (Å²) in [6, 6.07) is 11.5. The quantitative estimate of drug-likeness (QED) is 0.746. The summed E-state index contributed by atoms with van der Waals surface area (Å²) in [6.07, 6.45) is 0.738. The molecule has 0 bridgehead atoms. The zero-order valence-corrected chi connectivity index (χ0v) is 18.4. The molecule has 8 heteroatoms. The maximum atomic E-state index is 13.5. The lowest BCUT2D eigenvalue weighted by atomic mass is 10.1. The molecule has 0 aromatic heterocycles. The van der Waals surface area contributed by atoms with Gasteiger partial charge in [0.15, 0.2) is 0 Å². The van der Waals surface area contributed by atoms with Gasteiger partial charge in [0.1, 0.15) is 12.4 Å². The largest absolute Gasteiger partial charge is 0.490 e. The molecular weight excluding hydrogens is 400 g/mol. The summed E-state index contributed by atoms with van der Waals surface area (Å²) in [5.41, 5.74) is 3.92. The summed E-state index contributed by atoms with van der Waals surface area (Å²) in [4.78, 5) is 7.03. The molecule has 3 aliphatic rings. The number of rotatable bonds is 3. The Morgan fingerprint density at radius 2 is 1.67 bits per heavy atom. The van der Waals surface area contributed by atoms with Gasteiger partial charge in [-0.05, 0) is 43.3 Å². The van der Waals surface area contributed by atoms with E-state index in [1.54, 1.807) is 16.4 Å². The van der Waals surface area contributed by atoms with Crippen LogP contribution in [-0.4, -0.2) is 73.3 Å². The Bertz CT molecular complexity index is 1060. The number of hydrogen-bond acceptors (Lipinski definition) is 6. The molecule has 2 aromatic rings. The minimum atomic E-state index is -3.65. The highest BCUT2D eigenvalue weighted by atomic mass is 32.2. The molecule has 0 unspecified atom stereocenters. The fourth-order valence-corrected chi connectivity index (χ4v) is 5.99. The molecule has 30 heavy (non-hydrogen) atoms. The van der Waals surface area contributed by atoms with Gasteiger partial charge in [-0.2, -0.15) is 0 Å². The SMILES string of the molecule is CN1CCN(c2ccc3c(c2)N(S(=O)(=O)c2ccc4c(c2)OCCN4C)CC3)CC1. The zero-order valence-electron chi connectivity index (χ0n) is 17.5. The monoisotopic (exact) mass is 428 g/mol. The van der Waals surface area contributed by atoms with Gasteiger partial charge in [0.2, 0.25) is 0 Å². The van der Waals surface area contributed by atoms with Crippen LogP contribution >= 0.6 is 0 Å². The Morgan fingerprint density at radius 3 is 2.47 bits per heavy atom. The molecule has 0 saturated carbocycles. The Morgan fingerprint density at radius 1 is 0.867 bits per heavy atom. The Hall–Kier alpha value is -2.45. The molecular formula is C22H28N4O3S. The van der Waals surface area contributed by atoms with Crippen molar-refractivity contribution in [3.8, 4) is 5.75 Å². The number of fused-ring (bicyclic) bond motifs is 2. The highest BCUT2D eigenvalue weighted by Crippen LogP contribution is 2.38. The molecule has 0 amide bonds. The third-order valence-corrected chi connectivity index (χ3v) is 8.21. The molecule has 0 N–H and O–H groups in total. The van der Waals surface area contributed by atoms with Gasteiger partial charge in [-0.1, -0.05) is 6.07 Å². The van der Waals surface area contributed by atoms with Crippen molar-refractivity contribution in [3.05, 3.63) is 42.0 Å². The first-order valence-corrected chi connectivity index (χ1v) is 11.9. The van der Waals surface area contributed by atoms with Crippen LogP contribution in [0.3, 0.4) is 0 Å². The number of hydrogen-bond donors (Lipinski definition) is 0. The number of piperazine rings is 1. The Labute approximate surface area is 178 Å². The van der Waals surface area contributed by atoms with Crippen LogP contribution in [-0.2, 0) is 16.4 Å². The van der Waals surface area contributed by atoms with Crippen LogP contribution in [0.2, 0.25) is 0 Å². The second kappa shape index (κ2) is 7.35. The Balaban J connectivity index is 1.47. The highest BCUT2D eigenvalue weighted by Gasteiger charge is 2.32. The van der Waals surface area contributed by atoms with Crippen LogP contribution in [0.5, 0.6) is 5.75 Å². The van der Waals surface area contributed by atoms with Crippen molar-refractivity contribution in [1.82, 2.24) is 4.90 Å². The predicted molar refractivity (Wildman–Crippen MR) is 120 cm³/mol. The molecule has 0 aliphatic carbocycles.